The van der Waals surface area contributed by atoms with Crippen molar-refractivity contribution >= 4 is 63.6 Å². The number of benzene rings is 3. The standard InChI is InChI=1S/C22H15Cl2NOS2/c23-16-7-4-13(5-8-16)21(26)14-6-9-19-18(11-14)22(28-12-20(27)25-19)15-2-1-3-17(24)10-15/h1-11,22H,12H2,(H,25,27). The van der Waals surface area contributed by atoms with Gasteiger partial charge in [0.2, 0.25) is 0 Å². The second-order valence-electron chi connectivity index (χ2n) is 6.43. The maximum absolute atomic E-state index is 13.0. The third-order valence-corrected chi connectivity index (χ3v) is 6.74. The molecule has 2 nitrogen and oxygen atoms in total. The summed E-state index contributed by atoms with van der Waals surface area (Å²) in [7, 11) is 0. The number of rotatable bonds is 3. The van der Waals surface area contributed by atoms with Crippen molar-refractivity contribution in [3.63, 3.8) is 0 Å². The van der Waals surface area contributed by atoms with Crippen LogP contribution >= 0.6 is 47.2 Å². The molecule has 1 heterocycles. The Hall–Kier alpha value is -1.85. The first-order valence-corrected chi connectivity index (χ1v) is 10.8. The van der Waals surface area contributed by atoms with Crippen LogP contribution in [0.15, 0.2) is 66.7 Å². The second-order valence-corrected chi connectivity index (χ2v) is 8.89. The molecule has 3 aromatic carbocycles. The molecule has 1 unspecified atom stereocenters. The van der Waals surface area contributed by atoms with Crippen molar-refractivity contribution < 1.29 is 4.79 Å². The lowest BCUT2D eigenvalue weighted by atomic mass is 9.96. The molecule has 140 valence electrons. The molecule has 0 spiro atoms. The van der Waals surface area contributed by atoms with E-state index in [1.54, 1.807) is 36.0 Å². The van der Waals surface area contributed by atoms with Crippen LogP contribution in [0.25, 0.3) is 0 Å². The highest BCUT2D eigenvalue weighted by atomic mass is 35.5. The van der Waals surface area contributed by atoms with Crippen molar-refractivity contribution in [2.24, 2.45) is 0 Å². The molecule has 0 fully saturated rings. The Bertz CT molecular complexity index is 1070. The molecule has 0 aliphatic carbocycles. The zero-order valence-electron chi connectivity index (χ0n) is 14.6. The van der Waals surface area contributed by atoms with Crippen LogP contribution in [0.5, 0.6) is 0 Å². The van der Waals surface area contributed by atoms with Gasteiger partial charge >= 0.3 is 0 Å². The smallest absolute Gasteiger partial charge is 0.193 e. The Balaban J connectivity index is 1.78. The number of carbonyl (C=O) groups excluding carboxylic acids is 1. The third-order valence-electron chi connectivity index (χ3n) is 4.51. The Kier molecular flexibility index (Phi) is 5.74. The molecule has 1 N–H and O–H groups in total. The molecule has 0 saturated carbocycles. The zero-order valence-corrected chi connectivity index (χ0v) is 17.8. The van der Waals surface area contributed by atoms with E-state index in [0.717, 1.165) is 21.8 Å². The van der Waals surface area contributed by atoms with Crippen LogP contribution in [-0.2, 0) is 0 Å². The number of hydrogen-bond donors (Lipinski definition) is 1. The third kappa shape index (κ3) is 4.11. The number of fused-ring (bicyclic) bond motifs is 1. The van der Waals surface area contributed by atoms with E-state index >= 15 is 0 Å². The lowest BCUT2D eigenvalue weighted by Crippen LogP contribution is -2.10. The molecule has 0 aromatic heterocycles. The number of carbonyl (C=O) groups is 1. The van der Waals surface area contributed by atoms with Crippen LogP contribution < -0.4 is 5.32 Å². The predicted molar refractivity (Wildman–Crippen MR) is 123 cm³/mol. The van der Waals surface area contributed by atoms with Gasteiger partial charge in [-0.1, -0.05) is 47.6 Å². The molecule has 6 heteroatoms. The van der Waals surface area contributed by atoms with Gasteiger partial charge in [-0.25, -0.2) is 0 Å². The molecule has 1 atom stereocenters. The maximum atomic E-state index is 13.0. The van der Waals surface area contributed by atoms with Gasteiger partial charge in [0.1, 0.15) is 0 Å². The highest BCUT2D eigenvalue weighted by Gasteiger charge is 2.24. The molecule has 0 saturated heterocycles. The first kappa shape index (κ1) is 19.5. The van der Waals surface area contributed by atoms with E-state index in [9.17, 15) is 4.79 Å². The van der Waals surface area contributed by atoms with Gasteiger partial charge in [-0.15, -0.1) is 11.8 Å². The Labute approximate surface area is 183 Å². The molecule has 3 aromatic rings. The van der Waals surface area contributed by atoms with Gasteiger partial charge in [0, 0.05) is 32.6 Å². The monoisotopic (exact) mass is 443 g/mol. The van der Waals surface area contributed by atoms with Gasteiger partial charge < -0.3 is 5.32 Å². The first-order chi connectivity index (χ1) is 13.5. The Morgan fingerprint density at radius 3 is 2.46 bits per heavy atom. The number of halogens is 2. The lowest BCUT2D eigenvalue weighted by Gasteiger charge is -2.18. The molecular formula is C22H15Cl2NOS2. The zero-order chi connectivity index (χ0) is 19.7. The van der Waals surface area contributed by atoms with Gasteiger partial charge in [-0.2, -0.15) is 0 Å². The number of anilines is 1. The van der Waals surface area contributed by atoms with E-state index < -0.39 is 0 Å². The number of hydrogen-bond acceptors (Lipinski definition) is 3. The van der Waals surface area contributed by atoms with Crippen LogP contribution in [0, 0.1) is 0 Å². The van der Waals surface area contributed by atoms with Gasteiger partial charge in [0.05, 0.1) is 10.2 Å². The summed E-state index contributed by atoms with van der Waals surface area (Å²) in [5, 5.41) is 4.62. The molecule has 0 radical (unpaired) electrons. The lowest BCUT2D eigenvalue weighted by molar-refractivity contribution is 0.103. The Morgan fingerprint density at radius 1 is 0.964 bits per heavy atom. The van der Waals surface area contributed by atoms with Gasteiger partial charge in [-0.05, 0) is 65.7 Å². The van der Waals surface area contributed by atoms with Crippen LogP contribution in [0.2, 0.25) is 10.0 Å². The van der Waals surface area contributed by atoms with E-state index in [2.05, 4.69) is 11.4 Å². The first-order valence-electron chi connectivity index (χ1n) is 8.62. The van der Waals surface area contributed by atoms with E-state index in [4.69, 9.17) is 35.4 Å². The van der Waals surface area contributed by atoms with Gasteiger partial charge in [0.25, 0.3) is 0 Å². The minimum Gasteiger partial charge on any atom is -0.349 e. The van der Waals surface area contributed by atoms with Crippen molar-refractivity contribution in [2.45, 2.75) is 5.25 Å². The fourth-order valence-corrected chi connectivity index (χ4v) is 4.93. The van der Waals surface area contributed by atoms with Gasteiger partial charge in [-0.3, -0.25) is 4.79 Å². The maximum Gasteiger partial charge on any atom is 0.193 e. The predicted octanol–water partition coefficient (Wildman–Crippen LogP) is 6.80. The van der Waals surface area contributed by atoms with Crippen LogP contribution in [-0.4, -0.2) is 16.5 Å². The van der Waals surface area contributed by atoms with Crippen LogP contribution in [0.4, 0.5) is 5.69 Å². The molecule has 28 heavy (non-hydrogen) atoms. The quantitative estimate of drug-likeness (QED) is 0.355. The van der Waals surface area contributed by atoms with Crippen molar-refractivity contribution in [1.29, 1.82) is 0 Å². The molecule has 0 amide bonds. The van der Waals surface area contributed by atoms with Crippen molar-refractivity contribution in [1.82, 2.24) is 0 Å². The molecular weight excluding hydrogens is 429 g/mol. The molecule has 1 aliphatic heterocycles. The highest BCUT2D eigenvalue weighted by Crippen LogP contribution is 2.42. The number of nitrogens with one attached hydrogen (secondary N) is 1. The summed E-state index contributed by atoms with van der Waals surface area (Å²) in [4.78, 5) is 13.7. The summed E-state index contributed by atoms with van der Waals surface area (Å²) in [5.41, 5.74) is 4.26. The van der Waals surface area contributed by atoms with Crippen molar-refractivity contribution in [2.75, 3.05) is 11.1 Å². The minimum absolute atomic E-state index is 0.0274. The van der Waals surface area contributed by atoms with Crippen LogP contribution in [0.1, 0.15) is 32.3 Å². The molecule has 4 rings (SSSR count). The number of thioether (sulfide) groups is 1. The SMILES string of the molecule is O=C(c1ccc(Cl)cc1)c1ccc2c(c1)C(c1cccc(Cl)c1)SCC(=S)N2. The van der Waals surface area contributed by atoms with E-state index in [-0.39, 0.29) is 11.0 Å². The average molecular weight is 444 g/mol. The summed E-state index contributed by atoms with van der Waals surface area (Å²) in [6.45, 7) is 0. The van der Waals surface area contributed by atoms with Gasteiger partial charge in [0.15, 0.2) is 5.78 Å². The summed E-state index contributed by atoms with van der Waals surface area (Å²) < 4.78 is 0. The van der Waals surface area contributed by atoms with Crippen LogP contribution in [0.3, 0.4) is 0 Å². The van der Waals surface area contributed by atoms with E-state index in [1.165, 1.54) is 0 Å². The minimum atomic E-state index is -0.0406. The highest BCUT2D eigenvalue weighted by molar-refractivity contribution is 8.01. The van der Waals surface area contributed by atoms with Crippen molar-refractivity contribution in [3.8, 4) is 0 Å². The second kappa shape index (κ2) is 8.26. The summed E-state index contributed by atoms with van der Waals surface area (Å²) >= 11 is 19.3. The molecule has 1 aliphatic rings. The number of thiocarbonyl (C=S) groups is 1. The van der Waals surface area contributed by atoms with E-state index in [1.807, 2.05) is 36.4 Å². The summed E-state index contributed by atoms with van der Waals surface area (Å²) in [5.74, 6) is 0.655. The largest absolute Gasteiger partial charge is 0.349 e. The number of ketones is 1. The van der Waals surface area contributed by atoms with E-state index in [0.29, 0.717) is 26.9 Å². The summed E-state index contributed by atoms with van der Waals surface area (Å²) in [6.07, 6.45) is 0. The topological polar surface area (TPSA) is 29.1 Å². The average Bonchev–Trinajstić information content (AvgIpc) is 2.85. The molecule has 0 bridgehead atoms. The Morgan fingerprint density at radius 2 is 1.71 bits per heavy atom. The fourth-order valence-electron chi connectivity index (χ4n) is 3.18. The normalized spacial score (nSPS) is 16.1. The summed E-state index contributed by atoms with van der Waals surface area (Å²) in [6, 6.07) is 20.5. The van der Waals surface area contributed by atoms with Crippen molar-refractivity contribution in [3.05, 3.63) is 99.0 Å². The fraction of sp³-hybridized carbons (Fsp3) is 0.0909.